The first-order valence-electron chi connectivity index (χ1n) is 6.42. The molecule has 0 saturated carbocycles. The molecule has 0 fully saturated rings. The number of nitrogens with one attached hydrogen (secondary N) is 1. The van der Waals surface area contributed by atoms with Crippen LogP contribution in [0.25, 0.3) is 0 Å². The molecule has 4 heteroatoms. The van der Waals surface area contributed by atoms with Crippen LogP contribution >= 0.6 is 0 Å². The molecule has 0 unspecified atom stereocenters. The number of amides is 1. The maximum Gasteiger partial charge on any atom is 0.252 e. The summed E-state index contributed by atoms with van der Waals surface area (Å²) in [5, 5.41) is 3.10. The van der Waals surface area contributed by atoms with Crippen LogP contribution in [0.2, 0.25) is 0 Å². The van der Waals surface area contributed by atoms with Gasteiger partial charge in [0.25, 0.3) is 5.91 Å². The first-order chi connectivity index (χ1) is 9.61. The lowest BCUT2D eigenvalue weighted by Crippen LogP contribution is -2.12. The Balaban J connectivity index is 2.29. The highest BCUT2D eigenvalue weighted by molar-refractivity contribution is 5.95. The minimum atomic E-state index is -0.495. The highest BCUT2D eigenvalue weighted by Crippen LogP contribution is 2.28. The van der Waals surface area contributed by atoms with Crippen molar-refractivity contribution in [2.24, 2.45) is 5.73 Å². The lowest BCUT2D eigenvalue weighted by molar-refractivity contribution is 0.0998. The summed E-state index contributed by atoms with van der Waals surface area (Å²) < 4.78 is 5.81. The fraction of sp³-hybridized carbons (Fsp3) is 0.188. The molecule has 0 aliphatic rings. The Morgan fingerprint density at radius 1 is 1.20 bits per heavy atom. The minimum absolute atomic E-state index is 0.381. The van der Waals surface area contributed by atoms with Crippen molar-refractivity contribution in [2.45, 2.75) is 13.5 Å². The topological polar surface area (TPSA) is 64.3 Å². The summed E-state index contributed by atoms with van der Waals surface area (Å²) in [4.78, 5) is 11.4. The number of hydrogen-bond acceptors (Lipinski definition) is 3. The average molecular weight is 270 g/mol. The van der Waals surface area contributed by atoms with Crippen LogP contribution in [0.4, 0.5) is 0 Å². The fourth-order valence-electron chi connectivity index (χ4n) is 2.02. The Hall–Kier alpha value is -2.33. The predicted molar refractivity (Wildman–Crippen MR) is 79.0 cm³/mol. The van der Waals surface area contributed by atoms with Crippen LogP contribution < -0.4 is 15.8 Å². The Labute approximate surface area is 118 Å². The van der Waals surface area contributed by atoms with Gasteiger partial charge < -0.3 is 15.8 Å². The van der Waals surface area contributed by atoms with E-state index in [9.17, 15) is 4.79 Å². The van der Waals surface area contributed by atoms with Gasteiger partial charge in [-0.25, -0.2) is 0 Å². The predicted octanol–water partition coefficient (Wildman–Crippen LogP) is 2.61. The van der Waals surface area contributed by atoms with Crippen LogP contribution in [0, 0.1) is 6.92 Å². The van der Waals surface area contributed by atoms with Gasteiger partial charge in [-0.05, 0) is 43.3 Å². The average Bonchev–Trinajstić information content (AvgIpc) is 2.42. The molecular formula is C16H18N2O2. The quantitative estimate of drug-likeness (QED) is 0.877. The molecule has 0 heterocycles. The summed E-state index contributed by atoms with van der Waals surface area (Å²) in [6.07, 6.45) is 0. The molecule has 104 valence electrons. The van der Waals surface area contributed by atoms with Crippen LogP contribution in [0.3, 0.4) is 0 Å². The summed E-state index contributed by atoms with van der Waals surface area (Å²) >= 11 is 0. The van der Waals surface area contributed by atoms with Crippen molar-refractivity contribution < 1.29 is 9.53 Å². The number of primary amides is 1. The van der Waals surface area contributed by atoms with E-state index in [0.29, 0.717) is 11.3 Å². The van der Waals surface area contributed by atoms with Gasteiger partial charge >= 0.3 is 0 Å². The zero-order chi connectivity index (χ0) is 14.5. The van der Waals surface area contributed by atoms with Gasteiger partial charge in [0.05, 0.1) is 5.56 Å². The van der Waals surface area contributed by atoms with Crippen LogP contribution in [0.15, 0.2) is 42.5 Å². The molecule has 4 nitrogen and oxygen atoms in total. The van der Waals surface area contributed by atoms with E-state index in [-0.39, 0.29) is 0 Å². The van der Waals surface area contributed by atoms with Crippen molar-refractivity contribution in [3.05, 3.63) is 59.2 Å². The third-order valence-electron chi connectivity index (χ3n) is 2.99. The second kappa shape index (κ2) is 6.21. The maximum absolute atomic E-state index is 11.4. The summed E-state index contributed by atoms with van der Waals surface area (Å²) in [6.45, 7) is 2.78. The smallest absolute Gasteiger partial charge is 0.252 e. The van der Waals surface area contributed by atoms with Gasteiger partial charge in [-0.2, -0.15) is 0 Å². The molecule has 0 aliphatic carbocycles. The molecule has 0 aliphatic heterocycles. The first kappa shape index (κ1) is 14.1. The van der Waals surface area contributed by atoms with Gasteiger partial charge in [-0.3, -0.25) is 4.79 Å². The minimum Gasteiger partial charge on any atom is -0.456 e. The van der Waals surface area contributed by atoms with Gasteiger partial charge in [0.15, 0.2) is 0 Å². The third kappa shape index (κ3) is 3.16. The number of para-hydroxylation sites is 1. The van der Waals surface area contributed by atoms with Crippen molar-refractivity contribution >= 4 is 5.91 Å². The molecule has 0 aromatic heterocycles. The Morgan fingerprint density at radius 2 is 1.95 bits per heavy atom. The van der Waals surface area contributed by atoms with Crippen molar-refractivity contribution in [3.8, 4) is 11.5 Å². The second-order valence-corrected chi connectivity index (χ2v) is 4.59. The fourth-order valence-corrected chi connectivity index (χ4v) is 2.02. The van der Waals surface area contributed by atoms with Crippen LogP contribution in [0.1, 0.15) is 21.5 Å². The standard InChI is InChI=1S/C16H18N2O2/c1-11-9-12(10-18-2)7-8-14(11)20-15-6-4-3-5-13(15)16(17)19/h3-9,18H,10H2,1-2H3,(H2,17,19). The van der Waals surface area contributed by atoms with Crippen molar-refractivity contribution in [3.63, 3.8) is 0 Å². The van der Waals surface area contributed by atoms with Gasteiger partial charge in [0, 0.05) is 6.54 Å². The van der Waals surface area contributed by atoms with E-state index in [4.69, 9.17) is 10.5 Å². The number of carbonyl (C=O) groups excluding carboxylic acids is 1. The molecule has 2 aromatic rings. The summed E-state index contributed by atoms with van der Waals surface area (Å²) in [5.74, 6) is 0.702. The van der Waals surface area contributed by atoms with Crippen LogP contribution in [0.5, 0.6) is 11.5 Å². The largest absolute Gasteiger partial charge is 0.456 e. The molecule has 0 atom stereocenters. The van der Waals surface area contributed by atoms with Crippen molar-refractivity contribution in [1.29, 1.82) is 0 Å². The molecule has 1 amide bonds. The number of rotatable bonds is 5. The second-order valence-electron chi connectivity index (χ2n) is 4.59. The lowest BCUT2D eigenvalue weighted by Gasteiger charge is -2.12. The number of aryl methyl sites for hydroxylation is 1. The normalized spacial score (nSPS) is 10.3. The number of carbonyl (C=O) groups is 1. The third-order valence-corrected chi connectivity index (χ3v) is 2.99. The van der Waals surface area contributed by atoms with Gasteiger partial charge in [-0.1, -0.05) is 24.3 Å². The molecule has 20 heavy (non-hydrogen) atoms. The van der Waals surface area contributed by atoms with Gasteiger partial charge in [0.2, 0.25) is 0 Å². The van der Waals surface area contributed by atoms with Gasteiger partial charge in [-0.15, -0.1) is 0 Å². The summed E-state index contributed by atoms with van der Waals surface area (Å²) in [7, 11) is 1.91. The molecular weight excluding hydrogens is 252 g/mol. The Kier molecular flexibility index (Phi) is 4.38. The van der Waals surface area contributed by atoms with Gasteiger partial charge in [0.1, 0.15) is 11.5 Å². The van der Waals surface area contributed by atoms with E-state index in [1.165, 1.54) is 5.56 Å². The molecule has 2 aromatic carbocycles. The molecule has 2 rings (SSSR count). The van der Waals surface area contributed by atoms with Crippen molar-refractivity contribution in [1.82, 2.24) is 5.32 Å². The SMILES string of the molecule is CNCc1ccc(Oc2ccccc2C(N)=O)c(C)c1. The summed E-state index contributed by atoms with van der Waals surface area (Å²) in [5.41, 5.74) is 7.92. The summed E-state index contributed by atoms with van der Waals surface area (Å²) in [6, 6.07) is 12.9. The number of benzene rings is 2. The Morgan fingerprint density at radius 3 is 2.60 bits per heavy atom. The van der Waals surface area contributed by atoms with E-state index in [1.54, 1.807) is 18.2 Å². The number of nitrogens with two attached hydrogens (primary N) is 1. The zero-order valence-electron chi connectivity index (χ0n) is 11.6. The lowest BCUT2D eigenvalue weighted by atomic mass is 10.1. The molecule has 0 saturated heterocycles. The molecule has 0 radical (unpaired) electrons. The van der Waals surface area contributed by atoms with E-state index in [0.717, 1.165) is 17.9 Å². The number of hydrogen-bond donors (Lipinski definition) is 2. The molecule has 3 N–H and O–H groups in total. The van der Waals surface area contributed by atoms with E-state index in [1.807, 2.05) is 32.2 Å². The number of ether oxygens (including phenoxy) is 1. The zero-order valence-corrected chi connectivity index (χ0v) is 11.6. The van der Waals surface area contributed by atoms with E-state index >= 15 is 0 Å². The van der Waals surface area contributed by atoms with Crippen molar-refractivity contribution in [2.75, 3.05) is 7.05 Å². The van der Waals surface area contributed by atoms with E-state index in [2.05, 4.69) is 11.4 Å². The molecule has 0 spiro atoms. The highest BCUT2D eigenvalue weighted by atomic mass is 16.5. The highest BCUT2D eigenvalue weighted by Gasteiger charge is 2.10. The Bertz CT molecular complexity index is 624. The van der Waals surface area contributed by atoms with Crippen LogP contribution in [-0.2, 0) is 6.54 Å². The van der Waals surface area contributed by atoms with E-state index < -0.39 is 5.91 Å². The van der Waals surface area contributed by atoms with Crippen LogP contribution in [-0.4, -0.2) is 13.0 Å². The first-order valence-corrected chi connectivity index (χ1v) is 6.42. The monoisotopic (exact) mass is 270 g/mol. The maximum atomic E-state index is 11.4. The molecule has 0 bridgehead atoms.